The molecule has 0 aromatic carbocycles. The number of carbonyl (C=O) groups is 2. The van der Waals surface area contributed by atoms with Crippen LogP contribution in [0.4, 0.5) is 0 Å². The summed E-state index contributed by atoms with van der Waals surface area (Å²) in [5, 5.41) is 0. The van der Waals surface area contributed by atoms with Crippen molar-refractivity contribution in [1.29, 1.82) is 0 Å². The van der Waals surface area contributed by atoms with Gasteiger partial charge in [0.25, 0.3) is 0 Å². The first-order valence-corrected chi connectivity index (χ1v) is 8.68. The molecule has 1 aliphatic carbocycles. The zero-order valence-electron chi connectivity index (χ0n) is 14.1. The van der Waals surface area contributed by atoms with Gasteiger partial charge in [-0.3, -0.25) is 9.59 Å². The smallest absolute Gasteiger partial charge is 0.309 e. The van der Waals surface area contributed by atoms with E-state index in [1.165, 1.54) is 0 Å². The molecule has 1 rings (SSSR count). The Labute approximate surface area is 134 Å². The lowest BCUT2D eigenvalue weighted by Crippen LogP contribution is -2.13. The van der Waals surface area contributed by atoms with Crippen molar-refractivity contribution in [3.63, 3.8) is 0 Å². The lowest BCUT2D eigenvalue weighted by molar-refractivity contribution is -0.144. The van der Waals surface area contributed by atoms with Crippen LogP contribution in [0.2, 0.25) is 0 Å². The van der Waals surface area contributed by atoms with Gasteiger partial charge in [0, 0.05) is 0 Å². The van der Waals surface area contributed by atoms with Crippen LogP contribution in [0.1, 0.15) is 78.1 Å². The lowest BCUT2D eigenvalue weighted by Gasteiger charge is -2.19. The summed E-state index contributed by atoms with van der Waals surface area (Å²) in [6, 6.07) is 0. The minimum Gasteiger partial charge on any atom is -0.465 e. The predicted octanol–water partition coefficient (Wildman–Crippen LogP) is 4.32. The molecular weight excluding hydrogens is 280 g/mol. The quantitative estimate of drug-likeness (QED) is 0.342. The summed E-state index contributed by atoms with van der Waals surface area (Å²) in [4.78, 5) is 23.7. The third-order valence-electron chi connectivity index (χ3n) is 3.94. The van der Waals surface area contributed by atoms with Crippen LogP contribution >= 0.6 is 0 Å². The van der Waals surface area contributed by atoms with E-state index in [-0.39, 0.29) is 11.9 Å². The number of ether oxygens (including phenoxy) is 2. The highest BCUT2D eigenvalue weighted by atomic mass is 16.5. The highest BCUT2D eigenvalue weighted by Crippen LogP contribution is 2.29. The number of unbranched alkanes of at least 4 members (excludes halogenated alkanes) is 2. The molecule has 126 valence electrons. The van der Waals surface area contributed by atoms with Crippen LogP contribution in [0.5, 0.6) is 0 Å². The molecular formula is C18H30O4. The summed E-state index contributed by atoms with van der Waals surface area (Å²) in [6.45, 7) is 5.13. The van der Waals surface area contributed by atoms with Gasteiger partial charge >= 0.3 is 11.9 Å². The van der Waals surface area contributed by atoms with Crippen LogP contribution in [-0.2, 0) is 19.1 Å². The van der Waals surface area contributed by atoms with Crippen LogP contribution in [-0.4, -0.2) is 25.2 Å². The summed E-state index contributed by atoms with van der Waals surface area (Å²) >= 11 is 0. The Morgan fingerprint density at radius 1 is 0.818 bits per heavy atom. The fraction of sp³-hybridized carbons (Fsp3) is 0.778. The molecule has 0 saturated carbocycles. The van der Waals surface area contributed by atoms with E-state index in [1.54, 1.807) is 0 Å². The van der Waals surface area contributed by atoms with Crippen molar-refractivity contribution in [2.75, 3.05) is 13.2 Å². The Morgan fingerprint density at radius 3 is 1.59 bits per heavy atom. The zero-order chi connectivity index (χ0) is 16.2. The molecule has 0 unspecified atom stereocenters. The lowest BCUT2D eigenvalue weighted by atomic mass is 9.88. The van der Waals surface area contributed by atoms with Crippen molar-refractivity contribution < 1.29 is 19.1 Å². The van der Waals surface area contributed by atoms with Crippen molar-refractivity contribution in [1.82, 2.24) is 0 Å². The largest absolute Gasteiger partial charge is 0.465 e. The van der Waals surface area contributed by atoms with E-state index >= 15 is 0 Å². The number of hydrogen-bond acceptors (Lipinski definition) is 4. The molecule has 1 aliphatic rings. The first-order valence-electron chi connectivity index (χ1n) is 8.68. The van der Waals surface area contributed by atoms with Crippen LogP contribution in [0, 0.1) is 0 Å². The van der Waals surface area contributed by atoms with E-state index in [0.717, 1.165) is 62.5 Å². The highest BCUT2D eigenvalue weighted by molar-refractivity contribution is 5.75. The van der Waals surface area contributed by atoms with E-state index in [0.29, 0.717) is 26.1 Å². The SMILES string of the molecule is CCCCOC(=O)CC1=C(CC(=O)OCCCC)CCCC1. The average Bonchev–Trinajstić information content (AvgIpc) is 2.50. The normalized spacial score (nSPS) is 14.8. The Morgan fingerprint density at radius 2 is 1.23 bits per heavy atom. The predicted molar refractivity (Wildman–Crippen MR) is 86.5 cm³/mol. The Hall–Kier alpha value is -1.32. The van der Waals surface area contributed by atoms with Crippen molar-refractivity contribution in [2.24, 2.45) is 0 Å². The van der Waals surface area contributed by atoms with Gasteiger partial charge in [-0.2, -0.15) is 0 Å². The molecule has 0 aliphatic heterocycles. The molecule has 0 N–H and O–H groups in total. The van der Waals surface area contributed by atoms with E-state index < -0.39 is 0 Å². The minimum absolute atomic E-state index is 0.165. The topological polar surface area (TPSA) is 52.6 Å². The molecule has 0 spiro atoms. The number of carbonyl (C=O) groups excluding carboxylic acids is 2. The minimum atomic E-state index is -0.165. The molecule has 4 nitrogen and oxygen atoms in total. The second-order valence-electron chi connectivity index (χ2n) is 5.92. The maximum atomic E-state index is 11.9. The molecule has 0 saturated heterocycles. The molecule has 0 fully saturated rings. The summed E-state index contributed by atoms with van der Waals surface area (Å²) in [5.41, 5.74) is 2.19. The van der Waals surface area contributed by atoms with Crippen LogP contribution in [0.25, 0.3) is 0 Å². The summed E-state index contributed by atoms with van der Waals surface area (Å²) in [5.74, 6) is -0.329. The molecule has 0 aromatic heterocycles. The standard InChI is InChI=1S/C18H30O4/c1-3-5-11-21-17(19)13-15-9-7-8-10-16(15)14-18(20)22-12-6-4-2/h3-14H2,1-2H3. The third kappa shape index (κ3) is 7.62. The fourth-order valence-electron chi connectivity index (χ4n) is 2.57. The zero-order valence-corrected chi connectivity index (χ0v) is 14.1. The van der Waals surface area contributed by atoms with Crippen molar-refractivity contribution in [2.45, 2.75) is 78.1 Å². The van der Waals surface area contributed by atoms with E-state index in [4.69, 9.17) is 9.47 Å². The molecule has 22 heavy (non-hydrogen) atoms. The second kappa shape index (κ2) is 11.3. The van der Waals surface area contributed by atoms with E-state index in [2.05, 4.69) is 13.8 Å². The van der Waals surface area contributed by atoms with Gasteiger partial charge in [-0.1, -0.05) is 37.8 Å². The summed E-state index contributed by atoms with van der Waals surface area (Å²) in [7, 11) is 0. The maximum absolute atomic E-state index is 11.9. The van der Waals surface area contributed by atoms with Crippen LogP contribution < -0.4 is 0 Å². The molecule has 0 atom stereocenters. The van der Waals surface area contributed by atoms with Crippen molar-refractivity contribution in [3.05, 3.63) is 11.1 Å². The molecule has 0 radical (unpaired) electrons. The maximum Gasteiger partial charge on any atom is 0.309 e. The van der Waals surface area contributed by atoms with Gasteiger partial charge in [0.05, 0.1) is 26.1 Å². The van der Waals surface area contributed by atoms with Gasteiger partial charge in [0.2, 0.25) is 0 Å². The summed E-state index contributed by atoms with van der Waals surface area (Å²) < 4.78 is 10.5. The first kappa shape index (κ1) is 18.7. The van der Waals surface area contributed by atoms with Crippen molar-refractivity contribution in [3.8, 4) is 0 Å². The van der Waals surface area contributed by atoms with E-state index in [1.807, 2.05) is 0 Å². The van der Waals surface area contributed by atoms with Gasteiger partial charge in [-0.25, -0.2) is 0 Å². The van der Waals surface area contributed by atoms with Gasteiger partial charge in [-0.05, 0) is 38.5 Å². The van der Waals surface area contributed by atoms with Gasteiger partial charge < -0.3 is 9.47 Å². The Kier molecular flexibility index (Phi) is 9.60. The molecule has 0 aromatic rings. The molecule has 0 heterocycles. The Balaban J connectivity index is 2.49. The number of esters is 2. The Bertz CT molecular complexity index is 349. The van der Waals surface area contributed by atoms with Crippen LogP contribution in [0.3, 0.4) is 0 Å². The molecule has 0 amide bonds. The van der Waals surface area contributed by atoms with E-state index in [9.17, 15) is 9.59 Å². The second-order valence-corrected chi connectivity index (χ2v) is 5.92. The number of rotatable bonds is 10. The van der Waals surface area contributed by atoms with Gasteiger partial charge in [-0.15, -0.1) is 0 Å². The summed E-state index contributed by atoms with van der Waals surface area (Å²) in [6.07, 6.45) is 8.50. The molecule has 4 heteroatoms. The highest BCUT2D eigenvalue weighted by Gasteiger charge is 2.19. The fourth-order valence-corrected chi connectivity index (χ4v) is 2.57. The van der Waals surface area contributed by atoms with Gasteiger partial charge in [0.15, 0.2) is 0 Å². The first-order chi connectivity index (χ1) is 10.7. The monoisotopic (exact) mass is 310 g/mol. The third-order valence-corrected chi connectivity index (χ3v) is 3.94. The molecule has 0 bridgehead atoms. The average molecular weight is 310 g/mol. The number of hydrogen-bond donors (Lipinski definition) is 0. The van der Waals surface area contributed by atoms with Crippen molar-refractivity contribution >= 4 is 11.9 Å². The van der Waals surface area contributed by atoms with Crippen LogP contribution in [0.15, 0.2) is 11.1 Å². The van der Waals surface area contributed by atoms with Gasteiger partial charge in [0.1, 0.15) is 0 Å².